The normalized spacial score (nSPS) is 12.4. The van der Waals surface area contributed by atoms with E-state index in [0.29, 0.717) is 5.75 Å². The third-order valence-corrected chi connectivity index (χ3v) is 10.5. The molecule has 0 atom stereocenters. The van der Waals surface area contributed by atoms with Crippen molar-refractivity contribution in [1.29, 1.82) is 0 Å². The molecule has 4 aromatic carbocycles. The molecule has 200 valence electrons. The minimum atomic E-state index is -5.80. The molecule has 0 N–H and O–H groups in total. The minimum Gasteiger partial charge on any atom is -0.497 e. The molecule has 0 spiro atoms. The Labute approximate surface area is 213 Å². The van der Waals surface area contributed by atoms with Gasteiger partial charge < -0.3 is 4.74 Å². The Morgan fingerprint density at radius 3 is 1.24 bits per heavy atom. The summed E-state index contributed by atoms with van der Waals surface area (Å²) < 4.78 is 136. The number of hydrogen-bond acceptors (Lipinski definition) is 4. The Hall–Kier alpha value is -3.55. The van der Waals surface area contributed by atoms with Gasteiger partial charge in [-0.1, -0.05) is 0 Å². The summed E-state index contributed by atoms with van der Waals surface area (Å²) in [5, 5.41) is 0. The van der Waals surface area contributed by atoms with Gasteiger partial charge in [0.2, 0.25) is 5.82 Å². The largest absolute Gasteiger partial charge is 0.497 e. The zero-order valence-electron chi connectivity index (χ0n) is 19.0. The molecule has 0 bridgehead atoms. The van der Waals surface area contributed by atoms with E-state index in [2.05, 4.69) is 0 Å². The summed E-state index contributed by atoms with van der Waals surface area (Å²) in [6.45, 7) is 0. The predicted octanol–water partition coefficient (Wildman–Crippen LogP) is 7.27. The van der Waals surface area contributed by atoms with Crippen molar-refractivity contribution < 1.29 is 47.5 Å². The summed E-state index contributed by atoms with van der Waals surface area (Å²) in [7, 11) is -8.17. The van der Waals surface area contributed by atoms with Crippen molar-refractivity contribution in [3.05, 3.63) is 114 Å². The highest BCUT2D eigenvalue weighted by atomic mass is 32.3. The Morgan fingerprint density at radius 2 is 0.868 bits per heavy atom. The van der Waals surface area contributed by atoms with E-state index in [1.165, 1.54) is 31.4 Å². The smallest absolute Gasteiger partial charge is 0.313 e. The van der Waals surface area contributed by atoms with Gasteiger partial charge in [-0.3, -0.25) is 0 Å². The maximum atomic E-state index is 14.6. The monoisotopic (exact) mass is 576 g/mol. The van der Waals surface area contributed by atoms with E-state index in [0.717, 1.165) is 48.5 Å². The first-order valence-electron chi connectivity index (χ1n) is 10.4. The van der Waals surface area contributed by atoms with Gasteiger partial charge in [0.05, 0.1) is 7.11 Å². The van der Waals surface area contributed by atoms with Gasteiger partial charge in [-0.25, -0.2) is 34.4 Å². The predicted molar refractivity (Wildman–Crippen MR) is 123 cm³/mol. The molecule has 4 rings (SSSR count). The molecule has 0 unspecified atom stereocenters. The topological polar surface area (TPSA) is 52.6 Å². The summed E-state index contributed by atoms with van der Waals surface area (Å²) in [4.78, 5) is -2.33. The second-order valence-corrected chi connectivity index (χ2v) is 11.9. The van der Waals surface area contributed by atoms with E-state index in [1.54, 1.807) is 0 Å². The fourth-order valence-electron chi connectivity index (χ4n) is 3.52. The van der Waals surface area contributed by atoms with Crippen LogP contribution in [0, 0.1) is 40.7 Å². The Kier molecular flexibility index (Phi) is 7.46. The summed E-state index contributed by atoms with van der Waals surface area (Å²) in [5.41, 5.74) is 0. The van der Waals surface area contributed by atoms with E-state index in [9.17, 15) is 39.2 Å². The van der Waals surface area contributed by atoms with Gasteiger partial charge in [0.1, 0.15) is 17.4 Å². The van der Waals surface area contributed by atoms with E-state index in [4.69, 9.17) is 8.37 Å². The van der Waals surface area contributed by atoms with Crippen LogP contribution >= 0.6 is 10.3 Å². The van der Waals surface area contributed by atoms with Gasteiger partial charge in [0.15, 0.2) is 28.2 Å². The number of benzene rings is 4. The molecule has 0 saturated carbocycles. The highest BCUT2D eigenvalue weighted by molar-refractivity contribution is 8.33. The Balaban J connectivity index is 2.08. The van der Waals surface area contributed by atoms with Gasteiger partial charge in [0, 0.05) is 14.7 Å². The molecule has 0 heterocycles. The van der Waals surface area contributed by atoms with E-state index < -0.39 is 66.0 Å². The molecule has 0 aromatic heterocycles. The molecular weight excluding hydrogens is 561 g/mol. The van der Waals surface area contributed by atoms with Crippen LogP contribution in [0.3, 0.4) is 0 Å². The average Bonchev–Trinajstić information content (AvgIpc) is 2.90. The Bertz CT molecular complexity index is 1520. The van der Waals surface area contributed by atoms with Crippen molar-refractivity contribution in [1.82, 2.24) is 0 Å². The lowest BCUT2D eigenvalue weighted by atomic mass is 10.3. The second-order valence-electron chi connectivity index (χ2n) is 7.56. The number of rotatable bonds is 7. The van der Waals surface area contributed by atoms with E-state index >= 15 is 0 Å². The highest BCUT2D eigenvalue weighted by Gasteiger charge is 2.42. The van der Waals surface area contributed by atoms with Gasteiger partial charge in [-0.2, -0.15) is 8.42 Å². The summed E-state index contributed by atoms with van der Waals surface area (Å²) in [6.07, 6.45) is 0. The molecule has 4 nitrogen and oxygen atoms in total. The number of hydrogen-bond donors (Lipinski definition) is 0. The summed E-state index contributed by atoms with van der Waals surface area (Å²) in [6, 6.07) is 13.7. The van der Waals surface area contributed by atoms with Gasteiger partial charge in [-0.15, -0.1) is 0 Å². The molecular formula is C25H15F7O4S2. The second kappa shape index (κ2) is 10.3. The van der Waals surface area contributed by atoms with Crippen molar-refractivity contribution >= 4 is 20.4 Å². The van der Waals surface area contributed by atoms with Crippen LogP contribution in [0.2, 0.25) is 0 Å². The van der Waals surface area contributed by atoms with Crippen LogP contribution in [-0.2, 0) is 13.7 Å². The van der Waals surface area contributed by atoms with Crippen LogP contribution < -0.4 is 4.74 Å². The van der Waals surface area contributed by atoms with Crippen molar-refractivity contribution in [3.8, 4) is 5.75 Å². The fraction of sp³-hybridized carbons (Fsp3) is 0.0400. The van der Waals surface area contributed by atoms with Crippen LogP contribution in [0.25, 0.3) is 0 Å². The molecule has 0 fully saturated rings. The zero-order valence-corrected chi connectivity index (χ0v) is 20.7. The molecule has 38 heavy (non-hydrogen) atoms. The van der Waals surface area contributed by atoms with E-state index in [1.807, 2.05) is 0 Å². The molecule has 0 aliphatic rings. The van der Waals surface area contributed by atoms with Crippen LogP contribution in [-0.4, -0.2) is 15.5 Å². The highest BCUT2D eigenvalue weighted by Crippen LogP contribution is 2.70. The number of halogens is 7. The minimum absolute atomic E-state index is 0.0176. The molecule has 4 aromatic rings. The lowest BCUT2D eigenvalue weighted by molar-refractivity contribution is 0.354. The first-order chi connectivity index (χ1) is 17.9. The quantitative estimate of drug-likeness (QED) is 0.132. The summed E-state index contributed by atoms with van der Waals surface area (Å²) >= 11 is 0. The van der Waals surface area contributed by atoms with Crippen molar-refractivity contribution in [2.24, 2.45) is 0 Å². The number of ether oxygens (including phenoxy) is 1. The van der Waals surface area contributed by atoms with Gasteiger partial charge in [0.25, 0.3) is 0 Å². The average molecular weight is 577 g/mol. The van der Waals surface area contributed by atoms with Crippen LogP contribution in [0.15, 0.2) is 92.4 Å². The molecule has 0 radical (unpaired) electrons. The maximum Gasteiger partial charge on any atom is 0.313 e. The van der Waals surface area contributed by atoms with Crippen LogP contribution in [0.1, 0.15) is 0 Å². The maximum absolute atomic E-state index is 14.6. The lowest BCUT2D eigenvalue weighted by Gasteiger charge is -2.39. The Morgan fingerprint density at radius 1 is 0.526 bits per heavy atom. The number of methoxy groups -OCH3 is 1. The first kappa shape index (κ1) is 27.5. The molecule has 0 amide bonds. The molecule has 0 saturated heterocycles. The van der Waals surface area contributed by atoms with Crippen molar-refractivity contribution in [3.63, 3.8) is 0 Å². The van der Waals surface area contributed by atoms with Crippen molar-refractivity contribution in [2.75, 3.05) is 7.11 Å². The van der Waals surface area contributed by atoms with Crippen LogP contribution in [0.4, 0.5) is 30.7 Å². The molecule has 0 aliphatic carbocycles. The van der Waals surface area contributed by atoms with E-state index in [-0.39, 0.29) is 14.7 Å². The van der Waals surface area contributed by atoms with Crippen LogP contribution in [0.5, 0.6) is 5.75 Å². The zero-order chi connectivity index (χ0) is 27.8. The molecule has 0 aliphatic heterocycles. The molecule has 13 heteroatoms. The third-order valence-electron chi connectivity index (χ3n) is 5.29. The lowest BCUT2D eigenvalue weighted by Crippen LogP contribution is -2.19. The van der Waals surface area contributed by atoms with Gasteiger partial charge >= 0.3 is 10.1 Å². The SMILES string of the molecule is COc1ccc(S(OS(=O)(=O)c2c(F)c(F)c(F)c(F)c2F)(c2ccc(F)cc2)c2ccc(F)cc2)cc1. The third kappa shape index (κ3) is 4.72. The first-order valence-corrected chi connectivity index (χ1v) is 13.3. The van der Waals surface area contributed by atoms with Gasteiger partial charge in [-0.05, 0) is 83.1 Å². The fourth-order valence-corrected chi connectivity index (χ4v) is 8.80. The standard InChI is InChI=1S/C25H15F7O4S2/c1-35-16-6-12-19(13-7-16)37(17-8-2-14(26)3-9-17,18-10-4-15(27)5-11-18)36-38(33,34)25-23(31)21(29)20(28)22(30)24(25)32/h2-13H,1H3. The van der Waals surface area contributed by atoms with Crippen molar-refractivity contribution in [2.45, 2.75) is 19.6 Å². The summed E-state index contributed by atoms with van der Waals surface area (Å²) in [5.74, 6) is -14.0.